The van der Waals surface area contributed by atoms with Gasteiger partial charge in [0, 0.05) is 37.4 Å². The number of carbonyl (C=O) groups excluding carboxylic acids is 2. The van der Waals surface area contributed by atoms with E-state index in [0.717, 1.165) is 47.6 Å². The largest absolute Gasteiger partial charge is 0.497 e. The van der Waals surface area contributed by atoms with Gasteiger partial charge in [-0.05, 0) is 60.0 Å². The van der Waals surface area contributed by atoms with Crippen LogP contribution in [0.5, 0.6) is 5.75 Å². The standard InChI is InChI=1S/C37H41N3O5S/c1-45-31-19-8-14-28(24-31)26-39(33(25-27-12-4-2-5-13-27)37(42)38-30-17-6-3-7-18-30)35(41)22-11-23-40-32-20-9-15-29-16-10-21-34(36(29)32)46(40,43)44/h2,4-5,8-10,12-16,19-21,24,30,33H,3,6-7,11,17-18,22-23,25-26H2,1H3,(H,38,42)/t33-/m1/s1. The van der Waals surface area contributed by atoms with Crippen molar-refractivity contribution in [3.8, 4) is 5.75 Å². The summed E-state index contributed by atoms with van der Waals surface area (Å²) < 4.78 is 33.9. The van der Waals surface area contributed by atoms with E-state index in [1.165, 1.54) is 10.7 Å². The van der Waals surface area contributed by atoms with Crippen LogP contribution in [0.4, 0.5) is 5.69 Å². The zero-order valence-corrected chi connectivity index (χ0v) is 27.0. The molecule has 1 N–H and O–H groups in total. The van der Waals surface area contributed by atoms with E-state index in [2.05, 4.69) is 5.32 Å². The predicted octanol–water partition coefficient (Wildman–Crippen LogP) is 6.23. The minimum absolute atomic E-state index is 0.0876. The Bertz CT molecular complexity index is 1800. The lowest BCUT2D eigenvalue weighted by Crippen LogP contribution is -2.52. The van der Waals surface area contributed by atoms with Crippen molar-refractivity contribution in [2.45, 2.75) is 74.9 Å². The normalized spacial score (nSPS) is 16.2. The van der Waals surface area contributed by atoms with Gasteiger partial charge in [-0.25, -0.2) is 8.42 Å². The second-order valence-electron chi connectivity index (χ2n) is 12.2. The molecule has 46 heavy (non-hydrogen) atoms. The lowest BCUT2D eigenvalue weighted by Gasteiger charge is -2.34. The number of ether oxygens (including phenoxy) is 1. The van der Waals surface area contributed by atoms with Gasteiger partial charge >= 0.3 is 0 Å². The fraction of sp³-hybridized carbons (Fsp3) is 0.351. The lowest BCUT2D eigenvalue weighted by molar-refractivity contribution is -0.141. The summed E-state index contributed by atoms with van der Waals surface area (Å²) in [6, 6.07) is 27.6. The first-order valence-electron chi connectivity index (χ1n) is 16.2. The van der Waals surface area contributed by atoms with Crippen molar-refractivity contribution in [1.29, 1.82) is 0 Å². The van der Waals surface area contributed by atoms with E-state index in [1.54, 1.807) is 24.1 Å². The van der Waals surface area contributed by atoms with Gasteiger partial charge < -0.3 is 15.0 Å². The highest BCUT2D eigenvalue weighted by molar-refractivity contribution is 7.93. The molecular weight excluding hydrogens is 598 g/mol. The molecule has 6 rings (SSSR count). The molecule has 0 bridgehead atoms. The molecule has 1 fully saturated rings. The highest BCUT2D eigenvalue weighted by Gasteiger charge is 2.36. The number of nitrogens with one attached hydrogen (secondary N) is 1. The summed E-state index contributed by atoms with van der Waals surface area (Å²) in [6.45, 7) is 0.380. The van der Waals surface area contributed by atoms with Gasteiger partial charge in [0.05, 0.1) is 17.7 Å². The molecule has 1 aliphatic heterocycles. The van der Waals surface area contributed by atoms with Gasteiger partial charge in [-0.2, -0.15) is 0 Å². The van der Waals surface area contributed by atoms with E-state index < -0.39 is 16.1 Å². The van der Waals surface area contributed by atoms with Crippen molar-refractivity contribution in [1.82, 2.24) is 10.2 Å². The van der Waals surface area contributed by atoms with Crippen molar-refractivity contribution in [2.24, 2.45) is 0 Å². The Morgan fingerprint density at radius 1 is 0.913 bits per heavy atom. The minimum atomic E-state index is -3.73. The van der Waals surface area contributed by atoms with Crippen molar-refractivity contribution < 1.29 is 22.7 Å². The van der Waals surface area contributed by atoms with E-state index in [0.29, 0.717) is 29.2 Å². The van der Waals surface area contributed by atoms with Crippen LogP contribution in [0.2, 0.25) is 0 Å². The van der Waals surface area contributed by atoms with Crippen LogP contribution < -0.4 is 14.4 Å². The molecule has 4 aromatic rings. The van der Waals surface area contributed by atoms with Gasteiger partial charge in [0.25, 0.3) is 10.0 Å². The zero-order valence-electron chi connectivity index (χ0n) is 26.2. The van der Waals surface area contributed by atoms with Crippen LogP contribution in [0, 0.1) is 0 Å². The summed E-state index contributed by atoms with van der Waals surface area (Å²) >= 11 is 0. The maximum absolute atomic E-state index is 14.2. The third-order valence-corrected chi connectivity index (χ3v) is 11.0. The van der Waals surface area contributed by atoms with Gasteiger partial charge in [-0.1, -0.05) is 86.0 Å². The molecule has 240 valence electrons. The highest BCUT2D eigenvalue weighted by atomic mass is 32.2. The Balaban J connectivity index is 1.26. The van der Waals surface area contributed by atoms with E-state index in [-0.39, 0.29) is 37.4 Å². The molecular formula is C37H41N3O5S. The highest BCUT2D eigenvalue weighted by Crippen LogP contribution is 2.42. The molecule has 0 spiro atoms. The molecule has 0 aromatic heterocycles. The molecule has 9 heteroatoms. The van der Waals surface area contributed by atoms with Crippen molar-refractivity contribution >= 4 is 38.3 Å². The number of amides is 2. The van der Waals surface area contributed by atoms with Gasteiger partial charge in [0.2, 0.25) is 11.8 Å². The number of hydrogen-bond donors (Lipinski definition) is 1. The fourth-order valence-electron chi connectivity index (χ4n) is 6.78. The second-order valence-corrected chi connectivity index (χ2v) is 14.1. The maximum Gasteiger partial charge on any atom is 0.265 e. The molecule has 1 aliphatic carbocycles. The van der Waals surface area contributed by atoms with E-state index in [1.807, 2.05) is 78.9 Å². The average molecular weight is 640 g/mol. The second kappa shape index (κ2) is 14.0. The third kappa shape index (κ3) is 6.75. The average Bonchev–Trinajstić information content (AvgIpc) is 3.30. The van der Waals surface area contributed by atoms with Gasteiger partial charge in [-0.15, -0.1) is 0 Å². The molecule has 8 nitrogen and oxygen atoms in total. The van der Waals surface area contributed by atoms with Crippen LogP contribution in [0.15, 0.2) is 95.9 Å². The number of methoxy groups -OCH3 is 1. The number of sulfonamides is 1. The summed E-state index contributed by atoms with van der Waals surface area (Å²) in [5, 5.41) is 4.86. The van der Waals surface area contributed by atoms with Crippen LogP contribution in [0.1, 0.15) is 56.1 Å². The molecule has 1 heterocycles. The smallest absolute Gasteiger partial charge is 0.265 e. The van der Waals surface area contributed by atoms with Crippen molar-refractivity contribution in [2.75, 3.05) is 18.0 Å². The first kappa shape index (κ1) is 31.6. The Kier molecular flexibility index (Phi) is 9.59. The zero-order chi connectivity index (χ0) is 32.1. The molecule has 0 unspecified atom stereocenters. The summed E-state index contributed by atoms with van der Waals surface area (Å²) in [7, 11) is -2.13. The quantitative estimate of drug-likeness (QED) is 0.198. The van der Waals surface area contributed by atoms with Crippen LogP contribution in [0.3, 0.4) is 0 Å². The van der Waals surface area contributed by atoms with Gasteiger partial charge in [0.1, 0.15) is 11.8 Å². The number of carbonyl (C=O) groups is 2. The predicted molar refractivity (Wildman–Crippen MR) is 180 cm³/mol. The van der Waals surface area contributed by atoms with Crippen LogP contribution in [-0.2, 0) is 32.6 Å². The molecule has 1 saturated carbocycles. The monoisotopic (exact) mass is 639 g/mol. The maximum atomic E-state index is 14.2. The van der Waals surface area contributed by atoms with E-state index >= 15 is 0 Å². The number of anilines is 1. The lowest BCUT2D eigenvalue weighted by atomic mass is 9.94. The summed E-state index contributed by atoms with van der Waals surface area (Å²) in [5.74, 6) is 0.315. The molecule has 2 amide bonds. The van der Waals surface area contributed by atoms with Crippen molar-refractivity contribution in [3.63, 3.8) is 0 Å². The first-order valence-corrected chi connectivity index (χ1v) is 17.6. The molecule has 1 atom stereocenters. The Morgan fingerprint density at radius 2 is 1.63 bits per heavy atom. The Morgan fingerprint density at radius 3 is 2.39 bits per heavy atom. The topological polar surface area (TPSA) is 96.0 Å². The van der Waals surface area contributed by atoms with Gasteiger partial charge in [-0.3, -0.25) is 13.9 Å². The van der Waals surface area contributed by atoms with Crippen molar-refractivity contribution in [3.05, 3.63) is 102 Å². The summed E-state index contributed by atoms with van der Waals surface area (Å²) in [4.78, 5) is 30.3. The number of benzene rings is 4. The summed E-state index contributed by atoms with van der Waals surface area (Å²) in [6.07, 6.45) is 5.97. The Labute approximate surface area is 271 Å². The van der Waals surface area contributed by atoms with Gasteiger partial charge in [0.15, 0.2) is 0 Å². The molecule has 4 aromatic carbocycles. The number of rotatable bonds is 12. The summed E-state index contributed by atoms with van der Waals surface area (Å²) in [5.41, 5.74) is 2.45. The van der Waals surface area contributed by atoms with Crippen LogP contribution in [-0.4, -0.2) is 50.9 Å². The molecule has 2 aliphatic rings. The SMILES string of the molecule is COc1cccc(CN(C(=O)CCCN2c3cccc4cccc(c34)S2(=O)=O)[C@H](Cc2ccccc2)C(=O)NC2CCCCC2)c1. The van der Waals surface area contributed by atoms with Crippen LogP contribution >= 0.6 is 0 Å². The number of hydrogen-bond acceptors (Lipinski definition) is 5. The molecule has 0 radical (unpaired) electrons. The fourth-order valence-corrected chi connectivity index (χ4v) is 8.53. The number of nitrogens with zero attached hydrogens (tertiary/aromatic N) is 2. The first-order chi connectivity index (χ1) is 22.3. The molecule has 0 saturated heterocycles. The van der Waals surface area contributed by atoms with E-state index in [4.69, 9.17) is 4.74 Å². The van der Waals surface area contributed by atoms with E-state index in [9.17, 15) is 18.0 Å². The minimum Gasteiger partial charge on any atom is -0.497 e. The Hall–Kier alpha value is -4.37. The third-order valence-electron chi connectivity index (χ3n) is 9.14. The van der Waals surface area contributed by atoms with Crippen LogP contribution in [0.25, 0.3) is 10.8 Å².